The molecule has 0 heterocycles. The summed E-state index contributed by atoms with van der Waals surface area (Å²) in [5, 5.41) is 6.98. The summed E-state index contributed by atoms with van der Waals surface area (Å²) in [6.07, 6.45) is 1.06. The van der Waals surface area contributed by atoms with Crippen LogP contribution in [0, 0.1) is 25.5 Å². The van der Waals surface area contributed by atoms with Gasteiger partial charge in [0.1, 0.15) is 11.6 Å². The molecule has 0 radical (unpaired) electrons. The highest BCUT2D eigenvalue weighted by Gasteiger charge is 2.05. The molecule has 0 unspecified atom stereocenters. The van der Waals surface area contributed by atoms with Gasteiger partial charge in [-0.05, 0) is 55.4 Å². The second-order valence-corrected chi connectivity index (χ2v) is 5.12. The summed E-state index contributed by atoms with van der Waals surface area (Å²) in [6.45, 7) is 3.97. The highest BCUT2D eigenvalue weighted by atomic mass is 32.1. The third-order valence-corrected chi connectivity index (χ3v) is 3.41. The minimum atomic E-state index is -0.682. The zero-order valence-electron chi connectivity index (χ0n) is 12.2. The molecule has 0 atom stereocenters. The first kappa shape index (κ1) is 16.0. The van der Waals surface area contributed by atoms with Gasteiger partial charge < -0.3 is 5.32 Å². The molecule has 0 bridgehead atoms. The van der Waals surface area contributed by atoms with E-state index in [2.05, 4.69) is 15.8 Å². The lowest BCUT2D eigenvalue weighted by Gasteiger charge is -2.11. The van der Waals surface area contributed by atoms with Gasteiger partial charge in [0.2, 0.25) is 0 Å². The Kier molecular flexibility index (Phi) is 5.16. The molecule has 0 saturated heterocycles. The largest absolute Gasteiger partial charge is 0.331 e. The normalized spacial score (nSPS) is 10.7. The summed E-state index contributed by atoms with van der Waals surface area (Å²) in [4.78, 5) is 0. The summed E-state index contributed by atoms with van der Waals surface area (Å²) in [5.41, 5.74) is 5.37. The van der Waals surface area contributed by atoms with Crippen LogP contribution in [0.2, 0.25) is 0 Å². The molecule has 0 fully saturated rings. The Morgan fingerprint density at radius 3 is 2.41 bits per heavy atom. The molecule has 0 aliphatic heterocycles. The number of anilines is 1. The van der Waals surface area contributed by atoms with Crippen LogP contribution in [0.3, 0.4) is 0 Å². The molecule has 2 aromatic rings. The first-order valence-corrected chi connectivity index (χ1v) is 7.00. The third-order valence-electron chi connectivity index (χ3n) is 3.21. The summed E-state index contributed by atoms with van der Waals surface area (Å²) in [7, 11) is 0. The van der Waals surface area contributed by atoms with Crippen molar-refractivity contribution in [1.82, 2.24) is 5.43 Å². The molecule has 114 valence electrons. The number of aryl methyl sites for hydroxylation is 1. The fraction of sp³-hybridized carbons (Fsp3) is 0.125. The molecule has 3 nitrogen and oxygen atoms in total. The Balaban J connectivity index is 2.01. The summed E-state index contributed by atoms with van der Waals surface area (Å²) < 4.78 is 26.8. The van der Waals surface area contributed by atoms with E-state index < -0.39 is 11.6 Å². The highest BCUT2D eigenvalue weighted by molar-refractivity contribution is 7.80. The molecule has 2 N–H and O–H groups in total. The topological polar surface area (TPSA) is 36.4 Å². The molecule has 0 saturated carbocycles. The number of hydrogen-bond donors (Lipinski definition) is 2. The van der Waals surface area contributed by atoms with Crippen molar-refractivity contribution < 1.29 is 8.78 Å². The van der Waals surface area contributed by atoms with E-state index in [1.54, 1.807) is 0 Å². The lowest BCUT2D eigenvalue weighted by Crippen LogP contribution is -2.24. The Morgan fingerprint density at radius 2 is 1.73 bits per heavy atom. The van der Waals surface area contributed by atoms with E-state index in [1.165, 1.54) is 6.07 Å². The van der Waals surface area contributed by atoms with Crippen molar-refractivity contribution in [2.75, 3.05) is 5.32 Å². The van der Waals surface area contributed by atoms with Crippen LogP contribution in [-0.2, 0) is 0 Å². The predicted molar refractivity (Wildman–Crippen MR) is 89.2 cm³/mol. The van der Waals surface area contributed by atoms with Crippen LogP contribution in [0.5, 0.6) is 0 Å². The van der Waals surface area contributed by atoms with Crippen LogP contribution < -0.4 is 10.7 Å². The van der Waals surface area contributed by atoms with Crippen LogP contribution in [0.1, 0.15) is 16.7 Å². The zero-order valence-corrected chi connectivity index (χ0v) is 13.0. The molecule has 0 amide bonds. The molecular formula is C16H15F2N3S. The Morgan fingerprint density at radius 1 is 1.09 bits per heavy atom. The number of nitrogens with one attached hydrogen (secondary N) is 2. The van der Waals surface area contributed by atoms with Crippen LogP contribution in [-0.4, -0.2) is 11.3 Å². The molecule has 6 heteroatoms. The molecule has 0 aliphatic rings. The van der Waals surface area contributed by atoms with Gasteiger partial charge in [0.25, 0.3) is 0 Å². The molecule has 22 heavy (non-hydrogen) atoms. The van der Waals surface area contributed by atoms with Crippen LogP contribution >= 0.6 is 12.2 Å². The van der Waals surface area contributed by atoms with Gasteiger partial charge in [0.15, 0.2) is 5.11 Å². The fourth-order valence-electron chi connectivity index (χ4n) is 1.83. The Bertz CT molecular complexity index is 709. The predicted octanol–water partition coefficient (Wildman–Crippen LogP) is 3.90. The van der Waals surface area contributed by atoms with Crippen molar-refractivity contribution in [3.8, 4) is 0 Å². The summed E-state index contributed by atoms with van der Waals surface area (Å²) >= 11 is 5.10. The molecule has 0 aromatic heterocycles. The quantitative estimate of drug-likeness (QED) is 0.512. The van der Waals surface area contributed by atoms with E-state index in [9.17, 15) is 8.78 Å². The number of halogens is 2. The van der Waals surface area contributed by atoms with Gasteiger partial charge >= 0.3 is 0 Å². The third kappa shape index (κ3) is 3.85. The van der Waals surface area contributed by atoms with E-state index in [0.29, 0.717) is 0 Å². The van der Waals surface area contributed by atoms with Crippen molar-refractivity contribution in [2.45, 2.75) is 13.8 Å². The second kappa shape index (κ2) is 7.09. The smallest absolute Gasteiger partial charge is 0.191 e. The van der Waals surface area contributed by atoms with Crippen molar-refractivity contribution >= 4 is 29.2 Å². The van der Waals surface area contributed by atoms with Crippen molar-refractivity contribution in [3.63, 3.8) is 0 Å². The first-order valence-electron chi connectivity index (χ1n) is 6.59. The second-order valence-electron chi connectivity index (χ2n) is 4.71. The fourth-order valence-corrected chi connectivity index (χ4v) is 1.99. The van der Waals surface area contributed by atoms with Crippen molar-refractivity contribution in [1.29, 1.82) is 0 Å². The van der Waals surface area contributed by atoms with Gasteiger partial charge in [-0.3, -0.25) is 5.43 Å². The maximum absolute atomic E-state index is 13.4. The standard InChI is InChI=1S/C16H15F2N3S/c1-10-5-3-8-15(11(10)2)20-16(22)21-19-9-12-13(17)6-4-7-14(12)18/h3-9H,1-2H3,(H2,20,21,22). The minimum absolute atomic E-state index is 0.218. The van der Waals surface area contributed by atoms with E-state index in [4.69, 9.17) is 12.2 Å². The van der Waals surface area contributed by atoms with Gasteiger partial charge in [0, 0.05) is 5.69 Å². The molecule has 0 aliphatic carbocycles. The first-order chi connectivity index (χ1) is 10.5. The Labute approximate surface area is 133 Å². The average Bonchev–Trinajstić information content (AvgIpc) is 2.47. The van der Waals surface area contributed by atoms with Gasteiger partial charge in [-0.2, -0.15) is 5.10 Å². The number of thiocarbonyl (C=S) groups is 1. The summed E-state index contributed by atoms with van der Waals surface area (Å²) in [6, 6.07) is 9.41. The molecule has 0 spiro atoms. The zero-order chi connectivity index (χ0) is 16.1. The van der Waals surface area contributed by atoms with E-state index in [1.807, 2.05) is 32.0 Å². The number of benzene rings is 2. The van der Waals surface area contributed by atoms with E-state index in [0.717, 1.165) is 35.2 Å². The maximum atomic E-state index is 13.4. The highest BCUT2D eigenvalue weighted by Crippen LogP contribution is 2.17. The van der Waals surface area contributed by atoms with E-state index >= 15 is 0 Å². The lowest BCUT2D eigenvalue weighted by atomic mass is 10.1. The SMILES string of the molecule is Cc1cccc(NC(=S)NN=Cc2c(F)cccc2F)c1C. The van der Waals surface area contributed by atoms with Gasteiger partial charge in [-0.15, -0.1) is 0 Å². The Hall–Kier alpha value is -2.34. The van der Waals surface area contributed by atoms with Gasteiger partial charge in [-0.1, -0.05) is 18.2 Å². The van der Waals surface area contributed by atoms with Crippen LogP contribution in [0.15, 0.2) is 41.5 Å². The molecule has 2 rings (SSSR count). The maximum Gasteiger partial charge on any atom is 0.191 e. The minimum Gasteiger partial charge on any atom is -0.331 e. The van der Waals surface area contributed by atoms with Crippen LogP contribution in [0.25, 0.3) is 0 Å². The average molecular weight is 319 g/mol. The summed E-state index contributed by atoms with van der Waals surface area (Å²) in [5.74, 6) is -1.36. The number of nitrogens with zero attached hydrogens (tertiary/aromatic N) is 1. The van der Waals surface area contributed by atoms with Crippen molar-refractivity contribution in [3.05, 3.63) is 64.7 Å². The monoisotopic (exact) mass is 319 g/mol. The molecule has 2 aromatic carbocycles. The molecular weight excluding hydrogens is 304 g/mol. The van der Waals surface area contributed by atoms with Crippen molar-refractivity contribution in [2.24, 2.45) is 5.10 Å². The number of hydrazone groups is 1. The van der Waals surface area contributed by atoms with Gasteiger partial charge in [0.05, 0.1) is 11.8 Å². The van der Waals surface area contributed by atoms with E-state index in [-0.39, 0.29) is 10.7 Å². The lowest BCUT2D eigenvalue weighted by molar-refractivity contribution is 0.580. The van der Waals surface area contributed by atoms with Crippen LogP contribution in [0.4, 0.5) is 14.5 Å². The number of rotatable bonds is 3. The number of hydrogen-bond acceptors (Lipinski definition) is 2. The van der Waals surface area contributed by atoms with Gasteiger partial charge in [-0.25, -0.2) is 8.78 Å².